The lowest BCUT2D eigenvalue weighted by molar-refractivity contribution is -0.115. The highest BCUT2D eigenvalue weighted by molar-refractivity contribution is 8.01. The van der Waals surface area contributed by atoms with Crippen molar-refractivity contribution >= 4 is 51.7 Å². The van der Waals surface area contributed by atoms with E-state index in [2.05, 4.69) is 25.6 Å². The fraction of sp³-hybridized carbons (Fsp3) is 0.150. The van der Waals surface area contributed by atoms with Crippen LogP contribution in [0.3, 0.4) is 0 Å². The molecule has 11 heteroatoms. The second-order valence-corrected chi connectivity index (χ2v) is 8.33. The number of esters is 1. The smallest absolute Gasteiger partial charge is 0.337 e. The molecule has 0 atom stereocenters. The number of hydrogen-bond donors (Lipinski definition) is 2. The second kappa shape index (κ2) is 10.6. The third kappa shape index (κ3) is 6.86. The molecule has 0 aliphatic rings. The molecule has 3 aromatic rings. The van der Waals surface area contributed by atoms with Crippen LogP contribution in [0.25, 0.3) is 0 Å². The third-order valence-corrected chi connectivity index (χ3v) is 5.82. The number of thioether (sulfide) groups is 1. The minimum Gasteiger partial charge on any atom is -0.465 e. The van der Waals surface area contributed by atoms with E-state index >= 15 is 0 Å². The van der Waals surface area contributed by atoms with Crippen molar-refractivity contribution in [3.05, 3.63) is 65.5 Å². The molecule has 3 rings (SSSR count). The van der Waals surface area contributed by atoms with Crippen molar-refractivity contribution in [2.75, 3.05) is 23.5 Å². The van der Waals surface area contributed by atoms with Crippen molar-refractivity contribution in [3.8, 4) is 0 Å². The highest BCUT2D eigenvalue weighted by Crippen LogP contribution is 2.25. The molecular formula is C20H17FN4O4S2. The molecule has 2 amide bonds. The van der Waals surface area contributed by atoms with Gasteiger partial charge in [0.05, 0.1) is 24.8 Å². The van der Waals surface area contributed by atoms with Crippen molar-refractivity contribution in [2.24, 2.45) is 0 Å². The van der Waals surface area contributed by atoms with Gasteiger partial charge in [0.1, 0.15) is 5.82 Å². The van der Waals surface area contributed by atoms with Crippen LogP contribution in [0.1, 0.15) is 15.9 Å². The number of methoxy groups -OCH3 is 1. The molecule has 0 saturated carbocycles. The molecule has 160 valence electrons. The van der Waals surface area contributed by atoms with Gasteiger partial charge in [-0.1, -0.05) is 35.2 Å². The average Bonchev–Trinajstić information content (AvgIpc) is 3.21. The van der Waals surface area contributed by atoms with E-state index in [9.17, 15) is 18.8 Å². The van der Waals surface area contributed by atoms with E-state index in [1.54, 1.807) is 24.3 Å². The summed E-state index contributed by atoms with van der Waals surface area (Å²) in [6, 6.07) is 12.0. The summed E-state index contributed by atoms with van der Waals surface area (Å²) in [4.78, 5) is 35.6. The summed E-state index contributed by atoms with van der Waals surface area (Å²) in [5.74, 6) is -1.28. The first-order valence-corrected chi connectivity index (χ1v) is 10.7. The molecule has 0 spiro atoms. The van der Waals surface area contributed by atoms with Gasteiger partial charge in [-0.3, -0.25) is 9.59 Å². The van der Waals surface area contributed by atoms with Gasteiger partial charge < -0.3 is 15.4 Å². The van der Waals surface area contributed by atoms with Crippen molar-refractivity contribution in [3.63, 3.8) is 0 Å². The summed E-state index contributed by atoms with van der Waals surface area (Å²) in [7, 11) is 1.30. The van der Waals surface area contributed by atoms with E-state index < -0.39 is 5.97 Å². The normalized spacial score (nSPS) is 10.4. The van der Waals surface area contributed by atoms with Gasteiger partial charge in [-0.25, -0.2) is 9.18 Å². The predicted octanol–water partition coefficient (Wildman–Crippen LogP) is 3.38. The van der Waals surface area contributed by atoms with Gasteiger partial charge in [-0.15, -0.1) is 10.2 Å². The molecule has 0 saturated heterocycles. The molecule has 2 aromatic carbocycles. The van der Waals surface area contributed by atoms with Crippen molar-refractivity contribution in [1.29, 1.82) is 0 Å². The lowest BCUT2D eigenvalue weighted by Gasteiger charge is -2.05. The summed E-state index contributed by atoms with van der Waals surface area (Å²) in [5.41, 5.74) is 1.61. The van der Waals surface area contributed by atoms with Gasteiger partial charge in [-0.05, 0) is 42.0 Å². The SMILES string of the molecule is COC(=O)c1ccc(NC(=O)CSc2nnc(NC(=O)Cc3ccc(F)cc3)s2)cc1. The first kappa shape index (κ1) is 22.4. The van der Waals surface area contributed by atoms with Crippen LogP contribution in [0.2, 0.25) is 0 Å². The fourth-order valence-electron chi connectivity index (χ4n) is 2.40. The third-order valence-electron chi connectivity index (χ3n) is 3.85. The van der Waals surface area contributed by atoms with Crippen LogP contribution in [-0.2, 0) is 20.7 Å². The molecule has 0 unspecified atom stereocenters. The number of hydrogen-bond acceptors (Lipinski definition) is 8. The minimum absolute atomic E-state index is 0.0828. The van der Waals surface area contributed by atoms with Gasteiger partial charge in [0.25, 0.3) is 0 Å². The zero-order valence-corrected chi connectivity index (χ0v) is 17.9. The van der Waals surface area contributed by atoms with E-state index in [1.807, 2.05) is 0 Å². The molecule has 0 radical (unpaired) electrons. The van der Waals surface area contributed by atoms with E-state index in [-0.39, 0.29) is 29.8 Å². The predicted molar refractivity (Wildman–Crippen MR) is 116 cm³/mol. The van der Waals surface area contributed by atoms with Gasteiger partial charge in [0, 0.05) is 5.69 Å². The van der Waals surface area contributed by atoms with Crippen molar-refractivity contribution < 1.29 is 23.5 Å². The number of carbonyl (C=O) groups is 3. The Labute approximate surface area is 185 Å². The molecule has 2 N–H and O–H groups in total. The zero-order chi connectivity index (χ0) is 22.2. The number of nitrogens with one attached hydrogen (secondary N) is 2. The monoisotopic (exact) mass is 460 g/mol. The summed E-state index contributed by atoms with van der Waals surface area (Å²) in [6.07, 6.45) is 0.0828. The maximum Gasteiger partial charge on any atom is 0.337 e. The molecule has 1 heterocycles. The fourth-order valence-corrected chi connectivity index (χ4v) is 3.97. The highest BCUT2D eigenvalue weighted by Gasteiger charge is 2.12. The number of benzene rings is 2. The number of aromatic nitrogens is 2. The number of rotatable bonds is 8. The van der Waals surface area contributed by atoms with Crippen molar-refractivity contribution in [2.45, 2.75) is 10.8 Å². The topological polar surface area (TPSA) is 110 Å². The highest BCUT2D eigenvalue weighted by atomic mass is 32.2. The Morgan fingerprint density at radius 2 is 1.71 bits per heavy atom. The Hall–Kier alpha value is -3.31. The van der Waals surface area contributed by atoms with Crippen LogP contribution in [0.15, 0.2) is 52.9 Å². The van der Waals surface area contributed by atoms with E-state index in [0.717, 1.165) is 11.3 Å². The molecule has 0 fully saturated rings. The first-order valence-electron chi connectivity index (χ1n) is 8.92. The maximum atomic E-state index is 12.9. The maximum absolute atomic E-state index is 12.9. The summed E-state index contributed by atoms with van der Waals surface area (Å²) < 4.78 is 18.1. The first-order chi connectivity index (χ1) is 14.9. The molecule has 0 bridgehead atoms. The largest absolute Gasteiger partial charge is 0.465 e. The van der Waals surface area contributed by atoms with Crippen LogP contribution in [0, 0.1) is 5.82 Å². The van der Waals surface area contributed by atoms with Crippen LogP contribution >= 0.6 is 23.1 Å². The van der Waals surface area contributed by atoms with Gasteiger partial charge in [0.2, 0.25) is 16.9 Å². The van der Waals surface area contributed by atoms with Crippen LogP contribution in [-0.4, -0.2) is 40.8 Å². The van der Waals surface area contributed by atoms with Crippen molar-refractivity contribution in [1.82, 2.24) is 10.2 Å². The minimum atomic E-state index is -0.453. The van der Waals surface area contributed by atoms with E-state index in [0.29, 0.717) is 26.3 Å². The zero-order valence-electron chi connectivity index (χ0n) is 16.3. The molecule has 0 aliphatic heterocycles. The van der Waals surface area contributed by atoms with Gasteiger partial charge in [0.15, 0.2) is 4.34 Å². The molecule has 1 aromatic heterocycles. The van der Waals surface area contributed by atoms with Gasteiger partial charge in [-0.2, -0.15) is 0 Å². The number of halogens is 1. The molecular weight excluding hydrogens is 443 g/mol. The number of carbonyl (C=O) groups excluding carboxylic acids is 3. The number of ether oxygens (including phenoxy) is 1. The molecule has 0 aliphatic carbocycles. The Morgan fingerprint density at radius 1 is 1.00 bits per heavy atom. The Kier molecular flexibility index (Phi) is 7.68. The Bertz CT molecular complexity index is 1070. The molecule has 31 heavy (non-hydrogen) atoms. The van der Waals surface area contributed by atoms with E-state index in [1.165, 1.54) is 43.1 Å². The quantitative estimate of drug-likeness (QED) is 0.301. The Balaban J connectivity index is 1.45. The second-order valence-electron chi connectivity index (χ2n) is 6.13. The van der Waals surface area contributed by atoms with Crippen LogP contribution in [0.4, 0.5) is 15.2 Å². The van der Waals surface area contributed by atoms with Gasteiger partial charge >= 0.3 is 5.97 Å². The standard InChI is InChI=1S/C20H17FN4O4S2/c1-29-18(28)13-4-8-15(9-5-13)22-17(27)11-30-20-25-24-19(31-20)23-16(26)10-12-2-6-14(21)7-3-12/h2-9H,10-11H2,1H3,(H,22,27)(H,23,24,26). The number of nitrogens with zero attached hydrogens (tertiary/aromatic N) is 2. The lowest BCUT2D eigenvalue weighted by atomic mass is 10.1. The Morgan fingerprint density at radius 3 is 2.39 bits per heavy atom. The lowest BCUT2D eigenvalue weighted by Crippen LogP contribution is -2.14. The average molecular weight is 461 g/mol. The summed E-state index contributed by atoms with van der Waals surface area (Å²) in [6.45, 7) is 0. The van der Waals surface area contributed by atoms with Crippen LogP contribution in [0.5, 0.6) is 0 Å². The molecule has 8 nitrogen and oxygen atoms in total. The number of anilines is 2. The number of amides is 2. The van der Waals surface area contributed by atoms with Crippen LogP contribution < -0.4 is 10.6 Å². The van der Waals surface area contributed by atoms with E-state index in [4.69, 9.17) is 0 Å². The summed E-state index contributed by atoms with van der Waals surface area (Å²) >= 11 is 2.33. The summed E-state index contributed by atoms with van der Waals surface area (Å²) in [5, 5.41) is 13.5.